The van der Waals surface area contributed by atoms with Crippen molar-refractivity contribution in [2.45, 2.75) is 25.8 Å². The van der Waals surface area contributed by atoms with Crippen LogP contribution in [0, 0.1) is 12.8 Å². The molecule has 0 N–H and O–H groups in total. The Morgan fingerprint density at radius 2 is 2.00 bits per heavy atom. The number of fused-ring (bicyclic) bond motifs is 1. The summed E-state index contributed by atoms with van der Waals surface area (Å²) < 4.78 is 0. The molecule has 17 heavy (non-hydrogen) atoms. The Morgan fingerprint density at radius 3 is 2.76 bits per heavy atom. The Bertz CT molecular complexity index is 389. The predicted octanol–water partition coefficient (Wildman–Crippen LogP) is 1.32. The van der Waals surface area contributed by atoms with Crippen molar-refractivity contribution in [1.82, 2.24) is 15.1 Å². The molecule has 0 saturated carbocycles. The molecule has 4 heteroatoms. The average molecular weight is 232 g/mol. The molecule has 0 unspecified atom stereocenters. The second-order valence-electron chi connectivity index (χ2n) is 5.39. The highest BCUT2D eigenvalue weighted by molar-refractivity contribution is 5.41. The zero-order valence-electron chi connectivity index (χ0n) is 10.6. The number of hydrogen-bond acceptors (Lipinski definition) is 4. The van der Waals surface area contributed by atoms with Gasteiger partial charge in [0, 0.05) is 19.1 Å². The Labute approximate surface area is 103 Å². The van der Waals surface area contributed by atoms with Gasteiger partial charge in [0.1, 0.15) is 0 Å². The molecule has 2 saturated heterocycles. The second-order valence-corrected chi connectivity index (χ2v) is 5.39. The van der Waals surface area contributed by atoms with Crippen molar-refractivity contribution in [3.63, 3.8) is 0 Å². The van der Waals surface area contributed by atoms with Gasteiger partial charge in [0.2, 0.25) is 0 Å². The summed E-state index contributed by atoms with van der Waals surface area (Å²) in [7, 11) is 2.22. The maximum atomic E-state index is 4.33. The second kappa shape index (κ2) is 4.26. The number of aryl methyl sites for hydroxylation is 1. The minimum absolute atomic E-state index is 0.644. The summed E-state index contributed by atoms with van der Waals surface area (Å²) in [4.78, 5) is 4.88. The molecular weight excluding hydrogens is 212 g/mol. The van der Waals surface area contributed by atoms with Gasteiger partial charge in [-0.05, 0) is 51.4 Å². The van der Waals surface area contributed by atoms with Crippen molar-refractivity contribution in [3.8, 4) is 0 Å². The Hall–Kier alpha value is -1.16. The Balaban J connectivity index is 1.81. The third-order valence-corrected chi connectivity index (χ3v) is 4.14. The molecule has 0 aromatic carbocycles. The lowest BCUT2D eigenvalue weighted by atomic mass is 9.92. The average Bonchev–Trinajstić information content (AvgIpc) is 2.73. The maximum Gasteiger partial charge on any atom is 0.151 e. The molecule has 2 fully saturated rings. The molecule has 2 atom stereocenters. The number of likely N-dealkylation sites (N-methyl/N-ethyl adjacent to an activating group) is 1. The minimum Gasteiger partial charge on any atom is -0.351 e. The fraction of sp³-hybridized carbons (Fsp3) is 0.692. The van der Waals surface area contributed by atoms with Crippen LogP contribution in [0.15, 0.2) is 12.1 Å². The van der Waals surface area contributed by atoms with Crippen LogP contribution in [0.5, 0.6) is 0 Å². The highest BCUT2D eigenvalue weighted by Crippen LogP contribution is 2.33. The highest BCUT2D eigenvalue weighted by atomic mass is 15.3. The first-order chi connectivity index (χ1) is 8.24. The molecule has 0 spiro atoms. The fourth-order valence-electron chi connectivity index (χ4n) is 3.13. The van der Waals surface area contributed by atoms with Crippen LogP contribution >= 0.6 is 0 Å². The summed E-state index contributed by atoms with van der Waals surface area (Å²) in [6, 6.07) is 4.81. The van der Waals surface area contributed by atoms with Crippen molar-refractivity contribution in [3.05, 3.63) is 17.8 Å². The molecule has 1 aromatic rings. The van der Waals surface area contributed by atoms with E-state index in [1.807, 2.05) is 6.92 Å². The van der Waals surface area contributed by atoms with E-state index < -0.39 is 0 Å². The van der Waals surface area contributed by atoms with Crippen LogP contribution in [0.4, 0.5) is 5.82 Å². The van der Waals surface area contributed by atoms with Crippen molar-refractivity contribution in [2.24, 2.45) is 5.92 Å². The summed E-state index contributed by atoms with van der Waals surface area (Å²) in [6.45, 7) is 5.54. The van der Waals surface area contributed by atoms with Crippen molar-refractivity contribution in [2.75, 3.05) is 31.6 Å². The third-order valence-electron chi connectivity index (χ3n) is 4.14. The molecule has 3 heterocycles. The van der Waals surface area contributed by atoms with Gasteiger partial charge >= 0.3 is 0 Å². The summed E-state index contributed by atoms with van der Waals surface area (Å²) in [6.07, 6.45) is 2.64. The van der Waals surface area contributed by atoms with Crippen LogP contribution in [0.1, 0.15) is 18.5 Å². The van der Waals surface area contributed by atoms with E-state index in [0.717, 1.165) is 24.0 Å². The molecule has 0 radical (unpaired) electrons. The van der Waals surface area contributed by atoms with Gasteiger partial charge in [0.05, 0.1) is 5.69 Å². The third kappa shape index (κ3) is 2.02. The minimum atomic E-state index is 0.644. The van der Waals surface area contributed by atoms with Gasteiger partial charge in [-0.2, -0.15) is 5.10 Å². The van der Waals surface area contributed by atoms with E-state index in [-0.39, 0.29) is 0 Å². The van der Waals surface area contributed by atoms with Crippen LogP contribution in [-0.4, -0.2) is 47.8 Å². The summed E-state index contributed by atoms with van der Waals surface area (Å²) in [5.41, 5.74) is 0.991. The van der Waals surface area contributed by atoms with E-state index in [1.54, 1.807) is 0 Å². The molecule has 1 aromatic heterocycles. The lowest BCUT2D eigenvalue weighted by molar-refractivity contribution is 0.207. The highest BCUT2D eigenvalue weighted by Gasteiger charge is 2.38. The van der Waals surface area contributed by atoms with E-state index in [2.05, 4.69) is 39.2 Å². The van der Waals surface area contributed by atoms with Crippen LogP contribution in [0.2, 0.25) is 0 Å². The molecule has 4 nitrogen and oxygen atoms in total. The van der Waals surface area contributed by atoms with Gasteiger partial charge in [0.15, 0.2) is 5.82 Å². The van der Waals surface area contributed by atoms with Crippen molar-refractivity contribution >= 4 is 5.82 Å². The van der Waals surface area contributed by atoms with Crippen LogP contribution < -0.4 is 4.90 Å². The fourth-order valence-corrected chi connectivity index (χ4v) is 3.13. The van der Waals surface area contributed by atoms with E-state index in [0.29, 0.717) is 6.04 Å². The first kappa shape index (κ1) is 11.0. The quantitative estimate of drug-likeness (QED) is 0.731. The van der Waals surface area contributed by atoms with Crippen molar-refractivity contribution in [1.29, 1.82) is 0 Å². The number of piperidine rings is 1. The monoisotopic (exact) mass is 232 g/mol. The Kier molecular flexibility index (Phi) is 2.74. The number of likely N-dealkylation sites (tertiary alicyclic amines) is 1. The first-order valence-electron chi connectivity index (χ1n) is 6.49. The van der Waals surface area contributed by atoms with E-state index in [1.165, 1.54) is 25.9 Å². The van der Waals surface area contributed by atoms with Gasteiger partial charge in [-0.3, -0.25) is 0 Å². The van der Waals surface area contributed by atoms with Gasteiger partial charge in [-0.1, -0.05) is 0 Å². The summed E-state index contributed by atoms with van der Waals surface area (Å²) >= 11 is 0. The van der Waals surface area contributed by atoms with Gasteiger partial charge in [-0.15, -0.1) is 5.10 Å². The van der Waals surface area contributed by atoms with Crippen LogP contribution in [0.3, 0.4) is 0 Å². The number of nitrogens with zero attached hydrogens (tertiary/aromatic N) is 4. The van der Waals surface area contributed by atoms with Crippen LogP contribution in [-0.2, 0) is 0 Å². The zero-order chi connectivity index (χ0) is 11.8. The molecule has 0 aliphatic carbocycles. The summed E-state index contributed by atoms with van der Waals surface area (Å²) in [5.74, 6) is 1.91. The number of rotatable bonds is 1. The van der Waals surface area contributed by atoms with Gasteiger partial charge in [0.25, 0.3) is 0 Å². The molecule has 0 amide bonds. The normalized spacial score (nSPS) is 29.4. The van der Waals surface area contributed by atoms with E-state index in [9.17, 15) is 0 Å². The number of hydrogen-bond donors (Lipinski definition) is 0. The van der Waals surface area contributed by atoms with Crippen LogP contribution in [0.25, 0.3) is 0 Å². The summed E-state index contributed by atoms with van der Waals surface area (Å²) in [5, 5.41) is 8.51. The first-order valence-corrected chi connectivity index (χ1v) is 6.49. The smallest absolute Gasteiger partial charge is 0.151 e. The molecule has 2 aliphatic heterocycles. The standard InChI is InChI=1S/C13H20N4/c1-10-3-4-13(15-14-10)17-8-6-11-5-7-16(2)9-12(11)17/h3-4,11-12H,5-9H2,1-2H3/t11-,12-/m1/s1. The largest absolute Gasteiger partial charge is 0.351 e. The lowest BCUT2D eigenvalue weighted by Crippen LogP contribution is -2.47. The zero-order valence-corrected chi connectivity index (χ0v) is 10.6. The molecule has 0 bridgehead atoms. The number of anilines is 1. The molecular formula is C13H20N4. The Morgan fingerprint density at radius 1 is 1.18 bits per heavy atom. The topological polar surface area (TPSA) is 32.3 Å². The number of aromatic nitrogens is 2. The predicted molar refractivity (Wildman–Crippen MR) is 68.1 cm³/mol. The molecule has 2 aliphatic rings. The molecule has 3 rings (SSSR count). The maximum absolute atomic E-state index is 4.33. The van der Waals surface area contributed by atoms with Gasteiger partial charge in [-0.25, -0.2) is 0 Å². The van der Waals surface area contributed by atoms with Crippen molar-refractivity contribution < 1.29 is 0 Å². The van der Waals surface area contributed by atoms with Gasteiger partial charge < -0.3 is 9.80 Å². The SMILES string of the molecule is Cc1ccc(N2CC[C@H]3CCN(C)C[C@H]32)nn1. The lowest BCUT2D eigenvalue weighted by Gasteiger charge is -2.36. The van der Waals surface area contributed by atoms with E-state index in [4.69, 9.17) is 0 Å². The van der Waals surface area contributed by atoms with E-state index >= 15 is 0 Å². The molecule has 92 valence electrons.